The van der Waals surface area contributed by atoms with E-state index in [1.807, 2.05) is 0 Å². The van der Waals surface area contributed by atoms with Crippen molar-refractivity contribution in [1.29, 1.82) is 0 Å². The molecule has 2 N–H and O–H groups in total. The lowest BCUT2D eigenvalue weighted by molar-refractivity contribution is -0.161. The molecule has 11 nitrogen and oxygen atoms in total. The van der Waals surface area contributed by atoms with Crippen LogP contribution in [0.15, 0.2) is 48.6 Å². The van der Waals surface area contributed by atoms with Crippen molar-refractivity contribution in [3.05, 3.63) is 48.6 Å². The van der Waals surface area contributed by atoms with Crippen molar-refractivity contribution in [2.45, 2.75) is 315 Å². The Bertz CT molecular complexity index is 1460. The molecule has 0 fully saturated rings. The number of unbranched alkanes of at least 4 members (excludes halogenated alkanes) is 34. The summed E-state index contributed by atoms with van der Waals surface area (Å²) < 4.78 is 39.6. The molecule has 0 aromatic rings. The summed E-state index contributed by atoms with van der Waals surface area (Å²) in [5, 5.41) is 9.83. The van der Waals surface area contributed by atoms with E-state index in [-0.39, 0.29) is 25.9 Å². The normalized spacial score (nSPS) is 13.6. The van der Waals surface area contributed by atoms with Crippen LogP contribution in [0.1, 0.15) is 303 Å². The third-order valence-corrected chi connectivity index (χ3v) is 14.7. The average molecular weight is 1090 g/mol. The maximum Gasteiger partial charge on any atom is 0.472 e. The smallest absolute Gasteiger partial charge is 0.462 e. The van der Waals surface area contributed by atoms with Crippen LogP contribution in [0.25, 0.3) is 0 Å². The largest absolute Gasteiger partial charge is 0.472 e. The van der Waals surface area contributed by atoms with Crippen LogP contribution in [0.2, 0.25) is 0 Å². The Hall–Kier alpha value is -2.56. The highest BCUT2D eigenvalue weighted by Gasteiger charge is 2.28. The summed E-state index contributed by atoms with van der Waals surface area (Å²) in [5.41, 5.74) is 0. The number of carbonyl (C=O) groups excluding carboxylic acids is 3. The Kier molecular flexibility index (Phi) is 56.6. The molecule has 0 rings (SSSR count). The molecule has 0 saturated heterocycles. The molecule has 0 aromatic heterocycles. The van der Waals surface area contributed by atoms with Crippen molar-refractivity contribution >= 4 is 25.7 Å². The first-order valence-corrected chi connectivity index (χ1v) is 33.0. The van der Waals surface area contributed by atoms with Crippen LogP contribution in [0.4, 0.5) is 0 Å². The van der Waals surface area contributed by atoms with E-state index in [1.54, 1.807) is 0 Å². The second-order valence-electron chi connectivity index (χ2n) is 21.2. The fourth-order valence-corrected chi connectivity index (χ4v) is 9.67. The van der Waals surface area contributed by atoms with Gasteiger partial charge in [0, 0.05) is 19.3 Å². The van der Waals surface area contributed by atoms with Crippen LogP contribution < -0.4 is 0 Å². The summed E-state index contributed by atoms with van der Waals surface area (Å²) in [6.07, 6.45) is 63.5. The topological polar surface area (TPSA) is 155 Å². The number of hydrogen-bond acceptors (Lipinski definition) is 10. The van der Waals surface area contributed by atoms with Gasteiger partial charge in [0.2, 0.25) is 0 Å². The first-order valence-electron chi connectivity index (χ1n) is 31.5. The molecule has 3 unspecified atom stereocenters. The summed E-state index contributed by atoms with van der Waals surface area (Å²) in [6, 6.07) is 0. The van der Waals surface area contributed by atoms with Crippen LogP contribution in [0, 0.1) is 0 Å². The minimum atomic E-state index is -4.75. The predicted molar refractivity (Wildman–Crippen MR) is 316 cm³/mol. The standard InChI is InChI=1S/C64H117O11P/c1-4-7-10-13-16-19-22-25-28-29-30-31-34-37-40-43-46-49-52-55-64(68)75-61(57-71-62(66)53-50-47-44-41-38-35-32-26-23-20-17-14-11-8-5-2)59-73-76(69,70)72-58-60(56-65)74-63(67)54-51-48-45-42-39-36-33-27-24-21-18-15-12-9-6-3/h17-18,20-21,26-27,32-33,60-61,65H,4-16,19,22-25,28-31,34-59H2,1-3H3,(H,69,70)/b20-17-,21-18-,32-26-,33-27-. The van der Waals surface area contributed by atoms with Gasteiger partial charge in [-0.15, -0.1) is 0 Å². The van der Waals surface area contributed by atoms with E-state index in [9.17, 15) is 28.9 Å². The minimum absolute atomic E-state index is 0.162. The monoisotopic (exact) mass is 1090 g/mol. The van der Waals surface area contributed by atoms with Gasteiger partial charge in [0.25, 0.3) is 0 Å². The van der Waals surface area contributed by atoms with Gasteiger partial charge < -0.3 is 24.2 Å². The Labute approximate surface area is 466 Å². The highest BCUT2D eigenvalue weighted by Crippen LogP contribution is 2.43. The predicted octanol–water partition coefficient (Wildman–Crippen LogP) is 18.9. The van der Waals surface area contributed by atoms with Crippen molar-refractivity contribution in [1.82, 2.24) is 0 Å². The number of carbonyl (C=O) groups is 3. The van der Waals surface area contributed by atoms with Crippen molar-refractivity contribution < 1.29 is 52.2 Å². The number of esters is 3. The zero-order chi connectivity index (χ0) is 55.5. The van der Waals surface area contributed by atoms with Crippen LogP contribution in [0.3, 0.4) is 0 Å². The number of aliphatic hydroxyl groups is 1. The molecule has 0 spiro atoms. The molecule has 0 radical (unpaired) electrons. The molecule has 0 aliphatic carbocycles. The lowest BCUT2D eigenvalue weighted by Gasteiger charge is -2.21. The van der Waals surface area contributed by atoms with Gasteiger partial charge in [0.1, 0.15) is 12.7 Å². The number of allylic oxidation sites excluding steroid dienone is 8. The molecule has 12 heteroatoms. The zero-order valence-electron chi connectivity index (χ0n) is 49.2. The lowest BCUT2D eigenvalue weighted by atomic mass is 10.0. The Morgan fingerprint density at radius 2 is 0.645 bits per heavy atom. The van der Waals surface area contributed by atoms with Gasteiger partial charge in [-0.05, 0) is 83.5 Å². The van der Waals surface area contributed by atoms with Gasteiger partial charge in [0.05, 0.1) is 19.8 Å². The fraction of sp³-hybridized carbons (Fsp3) is 0.828. The van der Waals surface area contributed by atoms with Gasteiger partial charge in [-0.2, -0.15) is 0 Å². The molecule has 76 heavy (non-hydrogen) atoms. The average Bonchev–Trinajstić information content (AvgIpc) is 3.41. The number of aliphatic hydroxyl groups excluding tert-OH is 1. The van der Waals surface area contributed by atoms with Gasteiger partial charge >= 0.3 is 25.7 Å². The number of phosphoric acid groups is 1. The Morgan fingerprint density at radius 3 is 1.00 bits per heavy atom. The maximum atomic E-state index is 12.9. The molecule has 0 heterocycles. The lowest BCUT2D eigenvalue weighted by Crippen LogP contribution is -2.30. The quantitative estimate of drug-likeness (QED) is 0.0197. The molecule has 444 valence electrons. The second kappa shape index (κ2) is 58.6. The van der Waals surface area contributed by atoms with Crippen LogP contribution >= 0.6 is 7.82 Å². The summed E-state index contributed by atoms with van der Waals surface area (Å²) >= 11 is 0. The summed E-state index contributed by atoms with van der Waals surface area (Å²) in [4.78, 5) is 48.7. The molecule has 3 atom stereocenters. The highest BCUT2D eigenvalue weighted by molar-refractivity contribution is 7.47. The van der Waals surface area contributed by atoms with Gasteiger partial charge in [0.15, 0.2) is 6.10 Å². The van der Waals surface area contributed by atoms with E-state index in [1.165, 1.54) is 135 Å². The van der Waals surface area contributed by atoms with Gasteiger partial charge in [-0.1, -0.05) is 249 Å². The molecule has 0 aliphatic rings. The van der Waals surface area contributed by atoms with Crippen LogP contribution in [0.5, 0.6) is 0 Å². The van der Waals surface area contributed by atoms with E-state index < -0.39 is 57.8 Å². The number of hydrogen-bond donors (Lipinski definition) is 2. The molecule has 0 aromatic carbocycles. The first kappa shape index (κ1) is 73.4. The van der Waals surface area contributed by atoms with E-state index in [0.717, 1.165) is 109 Å². The molecule has 0 aliphatic heterocycles. The number of ether oxygens (including phenoxy) is 3. The van der Waals surface area contributed by atoms with Gasteiger partial charge in [-0.3, -0.25) is 23.4 Å². The van der Waals surface area contributed by atoms with E-state index in [2.05, 4.69) is 69.4 Å². The molecular formula is C64H117O11P. The van der Waals surface area contributed by atoms with Crippen molar-refractivity contribution in [2.24, 2.45) is 0 Å². The van der Waals surface area contributed by atoms with Crippen molar-refractivity contribution in [3.63, 3.8) is 0 Å². The highest BCUT2D eigenvalue weighted by atomic mass is 31.2. The molecule has 0 bridgehead atoms. The van der Waals surface area contributed by atoms with E-state index in [4.69, 9.17) is 23.3 Å². The maximum absolute atomic E-state index is 12.9. The SMILES string of the molecule is CCCCC/C=C\C/C=C\CCCCCCCC(=O)OCC(COP(=O)(O)OCC(CO)OC(=O)CCCCCCC/C=C\C/C=C\CCCCC)OC(=O)CCCCCCCCCCCCCCCCCCCCC. The molecular weight excluding hydrogens is 976 g/mol. The summed E-state index contributed by atoms with van der Waals surface area (Å²) in [6.45, 7) is 4.62. The van der Waals surface area contributed by atoms with Crippen LogP contribution in [-0.2, 0) is 42.2 Å². The number of phosphoric ester groups is 1. The third-order valence-electron chi connectivity index (χ3n) is 13.7. The van der Waals surface area contributed by atoms with Crippen molar-refractivity contribution in [3.8, 4) is 0 Å². The molecule has 0 saturated carbocycles. The van der Waals surface area contributed by atoms with E-state index >= 15 is 0 Å². The zero-order valence-corrected chi connectivity index (χ0v) is 50.1. The van der Waals surface area contributed by atoms with E-state index in [0.29, 0.717) is 19.3 Å². The Morgan fingerprint density at radius 1 is 0.368 bits per heavy atom. The van der Waals surface area contributed by atoms with Crippen LogP contribution in [-0.4, -0.2) is 66.5 Å². The second-order valence-corrected chi connectivity index (χ2v) is 22.7. The number of rotatable bonds is 59. The molecule has 0 amide bonds. The summed E-state index contributed by atoms with van der Waals surface area (Å²) in [5.74, 6) is -1.47. The van der Waals surface area contributed by atoms with Crippen molar-refractivity contribution in [2.75, 3.05) is 26.4 Å². The fourth-order valence-electron chi connectivity index (χ4n) is 8.89. The van der Waals surface area contributed by atoms with Gasteiger partial charge in [-0.25, -0.2) is 4.57 Å². The Balaban J connectivity index is 4.70. The first-order chi connectivity index (χ1) is 37.2. The third kappa shape index (κ3) is 56.2. The summed E-state index contributed by atoms with van der Waals surface area (Å²) in [7, 11) is -4.75. The minimum Gasteiger partial charge on any atom is -0.462 e.